The van der Waals surface area contributed by atoms with Crippen molar-refractivity contribution in [2.75, 3.05) is 0 Å². The predicted molar refractivity (Wildman–Crippen MR) is 69.4 cm³/mol. The monoisotopic (exact) mass is 309 g/mol. The Hall–Kier alpha value is -2.02. The van der Waals surface area contributed by atoms with Crippen LogP contribution < -0.4 is 5.56 Å². The molecule has 1 aromatic carbocycles. The largest absolute Gasteiger partial charge is 0.306 e. The van der Waals surface area contributed by atoms with Gasteiger partial charge in [0.2, 0.25) is 0 Å². The molecule has 1 heterocycles. The number of nitro groups is 1. The van der Waals surface area contributed by atoms with Crippen LogP contribution in [0.1, 0.15) is 5.69 Å². The van der Waals surface area contributed by atoms with E-state index in [9.17, 15) is 14.9 Å². The van der Waals surface area contributed by atoms with Gasteiger partial charge in [-0.25, -0.2) is 4.98 Å². The number of nitrogens with zero attached hydrogens (tertiary/aromatic N) is 2. The third kappa shape index (κ3) is 2.30. The number of aromatic amines is 1. The van der Waals surface area contributed by atoms with Crippen molar-refractivity contribution in [2.24, 2.45) is 0 Å². The lowest BCUT2D eigenvalue weighted by Gasteiger charge is -2.03. The Balaban J connectivity index is 2.49. The Morgan fingerprint density at radius 3 is 2.44 bits per heavy atom. The van der Waals surface area contributed by atoms with Crippen molar-refractivity contribution in [1.82, 2.24) is 9.97 Å². The van der Waals surface area contributed by atoms with Crippen LogP contribution in [0.3, 0.4) is 0 Å². The molecule has 0 atom stereocenters. The van der Waals surface area contributed by atoms with Crippen LogP contribution in [0.2, 0.25) is 0 Å². The first-order chi connectivity index (χ1) is 8.49. The van der Waals surface area contributed by atoms with E-state index in [0.717, 1.165) is 0 Å². The summed E-state index contributed by atoms with van der Waals surface area (Å²) in [5.74, 6) is 0.385. The molecule has 92 valence electrons. The SMILES string of the molecule is Cc1nc(-c2ccc([N+](=O)[O-])cc2)[nH]c(=O)c1Br. The number of aromatic nitrogens is 2. The first-order valence-electron chi connectivity index (χ1n) is 5.00. The summed E-state index contributed by atoms with van der Waals surface area (Å²) >= 11 is 3.12. The molecular formula is C11H8BrN3O3. The average molecular weight is 310 g/mol. The number of benzene rings is 1. The van der Waals surface area contributed by atoms with E-state index in [2.05, 4.69) is 25.9 Å². The maximum atomic E-state index is 11.6. The minimum atomic E-state index is -0.479. The molecule has 7 heteroatoms. The highest BCUT2D eigenvalue weighted by Crippen LogP contribution is 2.19. The zero-order chi connectivity index (χ0) is 13.3. The molecule has 0 amide bonds. The lowest BCUT2D eigenvalue weighted by Crippen LogP contribution is -2.11. The Bertz CT molecular complexity index is 664. The minimum absolute atomic E-state index is 0.00469. The van der Waals surface area contributed by atoms with Gasteiger partial charge in [-0.15, -0.1) is 0 Å². The fraction of sp³-hybridized carbons (Fsp3) is 0.0909. The van der Waals surface area contributed by atoms with E-state index in [4.69, 9.17) is 0 Å². The van der Waals surface area contributed by atoms with Gasteiger partial charge in [0.25, 0.3) is 11.2 Å². The van der Waals surface area contributed by atoms with Crippen LogP contribution in [-0.2, 0) is 0 Å². The fourth-order valence-electron chi connectivity index (χ4n) is 1.45. The van der Waals surface area contributed by atoms with Crippen LogP contribution in [0, 0.1) is 17.0 Å². The summed E-state index contributed by atoms with van der Waals surface area (Å²) in [5, 5.41) is 10.5. The highest BCUT2D eigenvalue weighted by molar-refractivity contribution is 9.10. The Morgan fingerprint density at radius 1 is 1.33 bits per heavy atom. The number of hydrogen-bond donors (Lipinski definition) is 1. The molecular weight excluding hydrogens is 302 g/mol. The molecule has 0 fully saturated rings. The summed E-state index contributed by atoms with van der Waals surface area (Å²) in [6.45, 7) is 1.70. The van der Waals surface area contributed by atoms with E-state index >= 15 is 0 Å². The van der Waals surface area contributed by atoms with Crippen LogP contribution >= 0.6 is 15.9 Å². The quantitative estimate of drug-likeness (QED) is 0.681. The van der Waals surface area contributed by atoms with Gasteiger partial charge in [-0.05, 0) is 35.0 Å². The molecule has 0 aliphatic rings. The summed E-state index contributed by atoms with van der Waals surface area (Å²) in [7, 11) is 0. The topological polar surface area (TPSA) is 88.9 Å². The number of aryl methyl sites for hydroxylation is 1. The lowest BCUT2D eigenvalue weighted by molar-refractivity contribution is -0.384. The molecule has 0 radical (unpaired) electrons. The first kappa shape index (κ1) is 12.4. The van der Waals surface area contributed by atoms with Crippen LogP contribution in [0.4, 0.5) is 5.69 Å². The second kappa shape index (κ2) is 4.69. The third-order valence-corrected chi connectivity index (χ3v) is 3.31. The molecule has 6 nitrogen and oxygen atoms in total. The first-order valence-corrected chi connectivity index (χ1v) is 5.79. The van der Waals surface area contributed by atoms with E-state index in [-0.39, 0.29) is 11.2 Å². The highest BCUT2D eigenvalue weighted by Gasteiger charge is 2.09. The maximum Gasteiger partial charge on any atom is 0.269 e. The van der Waals surface area contributed by atoms with Gasteiger partial charge in [0, 0.05) is 17.7 Å². The number of hydrogen-bond acceptors (Lipinski definition) is 4. The fourth-order valence-corrected chi connectivity index (χ4v) is 1.64. The second-order valence-electron chi connectivity index (χ2n) is 3.62. The standard InChI is InChI=1S/C11H8BrN3O3/c1-6-9(12)11(16)14-10(13-6)7-2-4-8(5-3-7)15(17)18/h2-5H,1H3,(H,13,14,16). The summed E-state index contributed by atoms with van der Waals surface area (Å²) in [4.78, 5) is 28.4. The van der Waals surface area contributed by atoms with Gasteiger partial charge in [-0.3, -0.25) is 14.9 Å². The van der Waals surface area contributed by atoms with Gasteiger partial charge in [0.15, 0.2) is 0 Å². The Morgan fingerprint density at radius 2 is 1.94 bits per heavy atom. The third-order valence-electron chi connectivity index (χ3n) is 2.38. The zero-order valence-electron chi connectivity index (χ0n) is 9.31. The molecule has 0 spiro atoms. The smallest absolute Gasteiger partial charge is 0.269 e. The molecule has 18 heavy (non-hydrogen) atoms. The minimum Gasteiger partial charge on any atom is -0.306 e. The maximum absolute atomic E-state index is 11.6. The number of non-ortho nitro benzene ring substituents is 1. The number of rotatable bonds is 2. The van der Waals surface area contributed by atoms with E-state index in [1.807, 2.05) is 0 Å². The van der Waals surface area contributed by atoms with E-state index in [0.29, 0.717) is 21.6 Å². The molecule has 1 N–H and O–H groups in total. The summed E-state index contributed by atoms with van der Waals surface area (Å²) in [6, 6.07) is 5.83. The Labute approximate surface area is 110 Å². The molecule has 0 bridgehead atoms. The molecule has 0 saturated carbocycles. The molecule has 0 aliphatic carbocycles. The lowest BCUT2D eigenvalue weighted by atomic mass is 10.2. The number of nitro benzene ring substituents is 1. The van der Waals surface area contributed by atoms with E-state index in [1.54, 1.807) is 19.1 Å². The van der Waals surface area contributed by atoms with Gasteiger partial charge in [0.05, 0.1) is 10.6 Å². The summed E-state index contributed by atoms with van der Waals surface area (Å²) < 4.78 is 0.383. The molecule has 1 aromatic heterocycles. The van der Waals surface area contributed by atoms with Gasteiger partial charge in [-0.1, -0.05) is 0 Å². The number of H-pyrrole nitrogens is 1. The van der Waals surface area contributed by atoms with Gasteiger partial charge in [0.1, 0.15) is 10.3 Å². The van der Waals surface area contributed by atoms with Crippen molar-refractivity contribution in [3.63, 3.8) is 0 Å². The van der Waals surface area contributed by atoms with Gasteiger partial charge < -0.3 is 4.98 Å². The molecule has 2 rings (SSSR count). The predicted octanol–water partition coefficient (Wildman–Crippen LogP) is 2.42. The highest BCUT2D eigenvalue weighted by atomic mass is 79.9. The van der Waals surface area contributed by atoms with Crippen molar-refractivity contribution in [3.05, 3.63) is 54.9 Å². The molecule has 0 unspecified atom stereocenters. The van der Waals surface area contributed by atoms with E-state index in [1.165, 1.54) is 12.1 Å². The van der Waals surface area contributed by atoms with Crippen LogP contribution in [-0.4, -0.2) is 14.9 Å². The van der Waals surface area contributed by atoms with Gasteiger partial charge >= 0.3 is 0 Å². The molecule has 2 aromatic rings. The number of halogens is 1. The average Bonchev–Trinajstić information content (AvgIpc) is 2.35. The van der Waals surface area contributed by atoms with Crippen LogP contribution in [0.15, 0.2) is 33.5 Å². The van der Waals surface area contributed by atoms with Crippen molar-refractivity contribution >= 4 is 21.6 Å². The summed E-state index contributed by atoms with van der Waals surface area (Å²) in [6.07, 6.45) is 0. The Kier molecular flexibility index (Phi) is 3.24. The van der Waals surface area contributed by atoms with Crippen LogP contribution in [0.5, 0.6) is 0 Å². The van der Waals surface area contributed by atoms with Crippen molar-refractivity contribution in [2.45, 2.75) is 6.92 Å². The van der Waals surface area contributed by atoms with Crippen LogP contribution in [0.25, 0.3) is 11.4 Å². The van der Waals surface area contributed by atoms with Crippen molar-refractivity contribution in [1.29, 1.82) is 0 Å². The molecule has 0 aliphatic heterocycles. The van der Waals surface area contributed by atoms with Crippen molar-refractivity contribution < 1.29 is 4.92 Å². The van der Waals surface area contributed by atoms with Crippen molar-refractivity contribution in [3.8, 4) is 11.4 Å². The molecule has 0 saturated heterocycles. The van der Waals surface area contributed by atoms with E-state index < -0.39 is 4.92 Å². The number of nitrogens with one attached hydrogen (secondary N) is 1. The normalized spacial score (nSPS) is 10.3. The van der Waals surface area contributed by atoms with Gasteiger partial charge in [-0.2, -0.15) is 0 Å². The zero-order valence-corrected chi connectivity index (χ0v) is 10.9. The summed E-state index contributed by atoms with van der Waals surface area (Å²) in [5.41, 5.74) is 0.895. The second-order valence-corrected chi connectivity index (χ2v) is 4.41.